The zero-order chi connectivity index (χ0) is 14.0. The third-order valence-electron chi connectivity index (χ3n) is 5.46. The number of allylic oxidation sites excluding steroid dienone is 1. The molecule has 1 saturated carbocycles. The van der Waals surface area contributed by atoms with E-state index in [4.69, 9.17) is 4.74 Å². The van der Waals surface area contributed by atoms with Crippen LogP contribution in [-0.4, -0.2) is 28.6 Å². The van der Waals surface area contributed by atoms with Crippen LogP contribution < -0.4 is 0 Å². The number of hydrogen-bond donors (Lipinski definition) is 1. The van der Waals surface area contributed by atoms with Gasteiger partial charge in [-0.2, -0.15) is 0 Å². The molecular formula is C15H20O4. The maximum Gasteiger partial charge on any atom is 0.309 e. The molecule has 1 N–H and O–H groups in total. The van der Waals surface area contributed by atoms with Gasteiger partial charge in [-0.15, -0.1) is 0 Å². The van der Waals surface area contributed by atoms with Gasteiger partial charge in [-0.1, -0.05) is 13.8 Å². The van der Waals surface area contributed by atoms with Crippen LogP contribution in [0.3, 0.4) is 0 Å². The van der Waals surface area contributed by atoms with E-state index < -0.39 is 11.0 Å². The van der Waals surface area contributed by atoms with E-state index in [2.05, 4.69) is 0 Å². The lowest BCUT2D eigenvalue weighted by Gasteiger charge is -2.52. The third-order valence-corrected chi connectivity index (χ3v) is 5.46. The van der Waals surface area contributed by atoms with Crippen molar-refractivity contribution in [1.29, 1.82) is 0 Å². The quantitative estimate of drug-likeness (QED) is 0.673. The molecule has 0 aromatic carbocycles. The molecule has 104 valence electrons. The van der Waals surface area contributed by atoms with Crippen LogP contribution in [0, 0.1) is 23.2 Å². The molecule has 1 heterocycles. The fraction of sp³-hybridized carbons (Fsp3) is 0.733. The minimum absolute atomic E-state index is 0.0399. The van der Waals surface area contributed by atoms with Crippen LogP contribution in [0.1, 0.15) is 33.6 Å². The van der Waals surface area contributed by atoms with Gasteiger partial charge >= 0.3 is 5.97 Å². The molecule has 0 aromatic heterocycles. The SMILES string of the molecule is C[C@@H]1C(=O)O[C@@H]2[C@@H]1CC[C@]1(C)C(=O)C=C[C@](C)(O)[C@@H]21. The predicted molar refractivity (Wildman–Crippen MR) is 68.1 cm³/mol. The summed E-state index contributed by atoms with van der Waals surface area (Å²) in [6, 6.07) is 0. The van der Waals surface area contributed by atoms with Crippen molar-refractivity contribution < 1.29 is 19.4 Å². The summed E-state index contributed by atoms with van der Waals surface area (Å²) in [4.78, 5) is 24.1. The first-order valence-corrected chi connectivity index (χ1v) is 6.94. The molecule has 4 nitrogen and oxygen atoms in total. The highest BCUT2D eigenvalue weighted by atomic mass is 16.6. The van der Waals surface area contributed by atoms with Crippen molar-refractivity contribution >= 4 is 11.8 Å². The molecule has 0 amide bonds. The number of rotatable bonds is 0. The van der Waals surface area contributed by atoms with Gasteiger partial charge in [0.15, 0.2) is 5.78 Å². The Morgan fingerprint density at radius 3 is 2.74 bits per heavy atom. The van der Waals surface area contributed by atoms with E-state index in [1.54, 1.807) is 13.0 Å². The summed E-state index contributed by atoms with van der Waals surface area (Å²) in [5, 5.41) is 10.6. The molecule has 0 aromatic rings. The molecule has 2 fully saturated rings. The second-order valence-corrected chi connectivity index (χ2v) is 6.71. The normalized spacial score (nSPS) is 52.6. The van der Waals surface area contributed by atoms with Gasteiger partial charge in [0.05, 0.1) is 11.5 Å². The smallest absolute Gasteiger partial charge is 0.309 e. The molecule has 4 heteroatoms. The number of ketones is 1. The molecule has 3 rings (SSSR count). The third kappa shape index (κ3) is 1.55. The fourth-order valence-corrected chi connectivity index (χ4v) is 4.29. The Morgan fingerprint density at radius 2 is 2.05 bits per heavy atom. The van der Waals surface area contributed by atoms with Crippen LogP contribution in [0.4, 0.5) is 0 Å². The zero-order valence-electron chi connectivity index (χ0n) is 11.6. The van der Waals surface area contributed by atoms with Crippen LogP contribution in [0.2, 0.25) is 0 Å². The molecule has 1 saturated heterocycles. The molecule has 0 spiro atoms. The molecule has 0 unspecified atom stereocenters. The number of hydrogen-bond acceptors (Lipinski definition) is 4. The molecule has 0 bridgehead atoms. The summed E-state index contributed by atoms with van der Waals surface area (Å²) in [5.41, 5.74) is -1.72. The topological polar surface area (TPSA) is 63.6 Å². The van der Waals surface area contributed by atoms with E-state index in [0.29, 0.717) is 6.42 Å². The largest absolute Gasteiger partial charge is 0.461 e. The highest BCUT2D eigenvalue weighted by molar-refractivity contribution is 5.96. The minimum Gasteiger partial charge on any atom is -0.461 e. The Hall–Kier alpha value is -1.16. The number of carbonyl (C=O) groups is 2. The van der Waals surface area contributed by atoms with E-state index in [1.807, 2.05) is 13.8 Å². The highest BCUT2D eigenvalue weighted by Crippen LogP contribution is 2.56. The van der Waals surface area contributed by atoms with Gasteiger partial charge in [0.25, 0.3) is 0 Å². The van der Waals surface area contributed by atoms with Crippen molar-refractivity contribution in [3.8, 4) is 0 Å². The van der Waals surface area contributed by atoms with E-state index in [1.165, 1.54) is 6.08 Å². The van der Waals surface area contributed by atoms with Gasteiger partial charge in [-0.05, 0) is 31.9 Å². The van der Waals surface area contributed by atoms with Gasteiger partial charge < -0.3 is 9.84 Å². The Balaban J connectivity index is 2.07. The maximum absolute atomic E-state index is 12.3. The van der Waals surface area contributed by atoms with E-state index >= 15 is 0 Å². The van der Waals surface area contributed by atoms with Crippen LogP contribution in [-0.2, 0) is 14.3 Å². The van der Waals surface area contributed by atoms with Crippen LogP contribution >= 0.6 is 0 Å². The molecule has 6 atom stereocenters. The summed E-state index contributed by atoms with van der Waals surface area (Å²) in [6.45, 7) is 5.48. The second kappa shape index (κ2) is 3.69. The number of esters is 1. The first kappa shape index (κ1) is 12.9. The minimum atomic E-state index is -1.10. The van der Waals surface area contributed by atoms with Gasteiger partial charge in [0, 0.05) is 17.3 Å². The monoisotopic (exact) mass is 264 g/mol. The molecule has 1 aliphatic heterocycles. The van der Waals surface area contributed by atoms with E-state index in [9.17, 15) is 14.7 Å². The zero-order valence-corrected chi connectivity index (χ0v) is 11.6. The number of fused-ring (bicyclic) bond motifs is 3. The standard InChI is InChI=1S/C15H20O4/c1-8-9-4-6-14(2)10(16)5-7-15(3,18)12(14)11(9)19-13(8)17/h5,7-9,11-12,18H,4,6H2,1-3H3/t8-,9+,11+,12-,14+,15-/m0/s1. The second-order valence-electron chi connectivity index (χ2n) is 6.71. The van der Waals surface area contributed by atoms with Crippen molar-refractivity contribution in [2.45, 2.75) is 45.3 Å². The number of aliphatic hydroxyl groups is 1. The molecule has 3 aliphatic rings. The molecule has 0 radical (unpaired) electrons. The number of ether oxygens (including phenoxy) is 1. The molecule has 2 aliphatic carbocycles. The summed E-state index contributed by atoms with van der Waals surface area (Å²) < 4.78 is 5.51. The van der Waals surface area contributed by atoms with Crippen molar-refractivity contribution in [3.05, 3.63) is 12.2 Å². The lowest BCUT2D eigenvalue weighted by molar-refractivity contribution is -0.167. The summed E-state index contributed by atoms with van der Waals surface area (Å²) in [7, 11) is 0. The predicted octanol–water partition coefficient (Wildman–Crippen LogP) is 1.47. The molecular weight excluding hydrogens is 244 g/mol. The Morgan fingerprint density at radius 1 is 1.37 bits per heavy atom. The average molecular weight is 264 g/mol. The van der Waals surface area contributed by atoms with Crippen LogP contribution in [0.25, 0.3) is 0 Å². The number of carbonyl (C=O) groups excluding carboxylic acids is 2. The summed E-state index contributed by atoms with van der Waals surface area (Å²) in [6.07, 6.45) is 4.21. The first-order valence-electron chi connectivity index (χ1n) is 6.94. The Kier molecular flexibility index (Phi) is 2.50. The maximum atomic E-state index is 12.3. The first-order chi connectivity index (χ1) is 8.77. The van der Waals surface area contributed by atoms with E-state index in [0.717, 1.165) is 6.42 Å². The van der Waals surface area contributed by atoms with Crippen molar-refractivity contribution in [2.75, 3.05) is 0 Å². The molecule has 19 heavy (non-hydrogen) atoms. The highest BCUT2D eigenvalue weighted by Gasteiger charge is 2.62. The van der Waals surface area contributed by atoms with Gasteiger partial charge in [0.2, 0.25) is 0 Å². The Bertz CT molecular complexity index is 479. The van der Waals surface area contributed by atoms with Crippen molar-refractivity contribution in [1.82, 2.24) is 0 Å². The van der Waals surface area contributed by atoms with Gasteiger partial charge in [0.1, 0.15) is 6.10 Å². The average Bonchev–Trinajstić information content (AvgIpc) is 2.60. The van der Waals surface area contributed by atoms with Gasteiger partial charge in [-0.25, -0.2) is 0 Å². The fourth-order valence-electron chi connectivity index (χ4n) is 4.29. The van der Waals surface area contributed by atoms with Crippen LogP contribution in [0.5, 0.6) is 0 Å². The van der Waals surface area contributed by atoms with Gasteiger partial charge in [-0.3, -0.25) is 9.59 Å². The Labute approximate surface area is 112 Å². The van der Waals surface area contributed by atoms with E-state index in [-0.39, 0.29) is 35.6 Å². The lowest BCUT2D eigenvalue weighted by atomic mass is 9.53. The van der Waals surface area contributed by atoms with Crippen molar-refractivity contribution in [2.24, 2.45) is 23.2 Å². The van der Waals surface area contributed by atoms with Crippen LogP contribution in [0.15, 0.2) is 12.2 Å². The summed E-state index contributed by atoms with van der Waals surface area (Å²) >= 11 is 0. The van der Waals surface area contributed by atoms with Crippen molar-refractivity contribution in [3.63, 3.8) is 0 Å². The summed E-state index contributed by atoms with van der Waals surface area (Å²) in [5.74, 6) is -0.511. The lowest BCUT2D eigenvalue weighted by Crippen LogP contribution is -2.59.